The number of hydrogen-bond donors (Lipinski definition) is 2. The van der Waals surface area contributed by atoms with Gasteiger partial charge in [0.1, 0.15) is 5.75 Å². The Labute approximate surface area is 120 Å². The Morgan fingerprint density at radius 2 is 2.11 bits per heavy atom. The number of rotatable bonds is 3. The molecule has 1 aromatic rings. The highest BCUT2D eigenvalue weighted by atomic mass is 35.5. The van der Waals surface area contributed by atoms with E-state index in [0.29, 0.717) is 5.75 Å². The van der Waals surface area contributed by atoms with Gasteiger partial charge in [0.15, 0.2) is 0 Å². The third kappa shape index (κ3) is 4.11. The van der Waals surface area contributed by atoms with E-state index < -0.39 is 0 Å². The lowest BCUT2D eigenvalue weighted by Crippen LogP contribution is -2.34. The Kier molecular flexibility index (Phi) is 6.12. The summed E-state index contributed by atoms with van der Waals surface area (Å²) in [6.07, 6.45) is 3.76. The number of anilines is 1. The summed E-state index contributed by atoms with van der Waals surface area (Å²) in [6.45, 7) is 0. The van der Waals surface area contributed by atoms with E-state index >= 15 is 0 Å². The van der Waals surface area contributed by atoms with Crippen molar-refractivity contribution in [2.24, 2.45) is 11.7 Å². The predicted molar refractivity (Wildman–Crippen MR) is 78.8 cm³/mol. The second-order valence-electron chi connectivity index (χ2n) is 4.81. The van der Waals surface area contributed by atoms with Gasteiger partial charge in [0, 0.05) is 12.0 Å². The third-order valence-electron chi connectivity index (χ3n) is 3.45. The van der Waals surface area contributed by atoms with E-state index in [9.17, 15) is 4.79 Å². The lowest BCUT2D eigenvalue weighted by molar-refractivity contribution is -0.120. The minimum atomic E-state index is 0. The minimum absolute atomic E-state index is 0. The first-order valence-electron chi connectivity index (χ1n) is 6.40. The van der Waals surface area contributed by atoms with Crippen LogP contribution in [0, 0.1) is 5.92 Å². The van der Waals surface area contributed by atoms with Gasteiger partial charge in [-0.15, -0.1) is 12.4 Å². The van der Waals surface area contributed by atoms with E-state index in [4.69, 9.17) is 10.5 Å². The van der Waals surface area contributed by atoms with Crippen molar-refractivity contribution in [1.29, 1.82) is 0 Å². The number of amides is 1. The van der Waals surface area contributed by atoms with Crippen molar-refractivity contribution in [3.8, 4) is 5.75 Å². The Morgan fingerprint density at radius 1 is 1.37 bits per heavy atom. The number of halogens is 1. The maximum Gasteiger partial charge on any atom is 0.227 e. The summed E-state index contributed by atoms with van der Waals surface area (Å²) in [6, 6.07) is 7.60. The Hall–Kier alpha value is -1.26. The standard InChI is InChI=1S/C14H20N2O2.ClH/c1-18-13-8-3-2-7-12(13)16-14(17)10-5-4-6-11(15)9-10;/h2-3,7-8,10-11H,4-6,9,15H2,1H3,(H,16,17);1H. The number of carbonyl (C=O) groups is 1. The molecule has 0 radical (unpaired) electrons. The topological polar surface area (TPSA) is 64.3 Å². The van der Waals surface area contributed by atoms with Gasteiger partial charge in [0.25, 0.3) is 0 Å². The molecule has 4 nitrogen and oxygen atoms in total. The van der Waals surface area contributed by atoms with Crippen LogP contribution in [0.25, 0.3) is 0 Å². The van der Waals surface area contributed by atoms with Gasteiger partial charge in [-0.2, -0.15) is 0 Å². The molecule has 0 aliphatic heterocycles. The molecule has 0 spiro atoms. The highest BCUT2D eigenvalue weighted by molar-refractivity contribution is 5.94. The number of benzene rings is 1. The van der Waals surface area contributed by atoms with Gasteiger partial charge in [-0.05, 0) is 31.4 Å². The molecular formula is C14H21ClN2O2. The van der Waals surface area contributed by atoms with E-state index in [0.717, 1.165) is 31.4 Å². The smallest absolute Gasteiger partial charge is 0.227 e. The highest BCUT2D eigenvalue weighted by Gasteiger charge is 2.25. The Bertz CT molecular complexity index is 426. The molecule has 106 valence electrons. The number of ether oxygens (including phenoxy) is 1. The number of carbonyl (C=O) groups excluding carboxylic acids is 1. The molecule has 2 atom stereocenters. The van der Waals surface area contributed by atoms with Crippen LogP contribution < -0.4 is 15.8 Å². The lowest BCUT2D eigenvalue weighted by atomic mass is 9.85. The Balaban J connectivity index is 0.00000180. The average molecular weight is 285 g/mol. The van der Waals surface area contributed by atoms with Crippen LogP contribution in [0.15, 0.2) is 24.3 Å². The number of para-hydroxylation sites is 2. The van der Waals surface area contributed by atoms with Crippen molar-refractivity contribution in [2.75, 3.05) is 12.4 Å². The molecule has 1 saturated carbocycles. The largest absolute Gasteiger partial charge is 0.495 e. The number of nitrogens with two attached hydrogens (primary N) is 1. The molecule has 1 aliphatic carbocycles. The fourth-order valence-electron chi connectivity index (χ4n) is 2.45. The minimum Gasteiger partial charge on any atom is -0.495 e. The van der Waals surface area contributed by atoms with Crippen molar-refractivity contribution >= 4 is 24.0 Å². The van der Waals surface area contributed by atoms with Crippen molar-refractivity contribution in [3.05, 3.63) is 24.3 Å². The molecule has 2 unspecified atom stereocenters. The van der Waals surface area contributed by atoms with Crippen LogP contribution in [0.5, 0.6) is 5.75 Å². The van der Waals surface area contributed by atoms with Gasteiger partial charge in [-0.1, -0.05) is 18.6 Å². The first-order chi connectivity index (χ1) is 8.70. The molecule has 2 rings (SSSR count). The Morgan fingerprint density at radius 3 is 2.79 bits per heavy atom. The van der Waals surface area contributed by atoms with Crippen molar-refractivity contribution in [3.63, 3.8) is 0 Å². The fraction of sp³-hybridized carbons (Fsp3) is 0.500. The first-order valence-corrected chi connectivity index (χ1v) is 6.40. The van der Waals surface area contributed by atoms with E-state index in [1.54, 1.807) is 7.11 Å². The monoisotopic (exact) mass is 284 g/mol. The molecule has 3 N–H and O–H groups in total. The normalized spacial score (nSPS) is 22.2. The summed E-state index contributed by atoms with van der Waals surface area (Å²) in [4.78, 5) is 12.2. The van der Waals surface area contributed by atoms with Gasteiger partial charge in [-0.3, -0.25) is 4.79 Å². The zero-order valence-electron chi connectivity index (χ0n) is 11.1. The molecule has 5 heteroatoms. The second-order valence-corrected chi connectivity index (χ2v) is 4.81. The van der Waals surface area contributed by atoms with E-state index in [2.05, 4.69) is 5.32 Å². The quantitative estimate of drug-likeness (QED) is 0.897. The van der Waals surface area contributed by atoms with Crippen LogP contribution in [-0.4, -0.2) is 19.1 Å². The molecule has 1 fully saturated rings. The van der Waals surface area contributed by atoms with E-state index in [1.165, 1.54) is 0 Å². The molecule has 0 saturated heterocycles. The average Bonchev–Trinajstić information content (AvgIpc) is 2.39. The summed E-state index contributed by atoms with van der Waals surface area (Å²) in [5.74, 6) is 0.763. The van der Waals surface area contributed by atoms with Crippen LogP contribution in [0.1, 0.15) is 25.7 Å². The van der Waals surface area contributed by atoms with Crippen molar-refractivity contribution in [2.45, 2.75) is 31.7 Å². The van der Waals surface area contributed by atoms with E-state index in [1.807, 2.05) is 24.3 Å². The van der Waals surface area contributed by atoms with Gasteiger partial charge in [0.2, 0.25) is 5.91 Å². The SMILES string of the molecule is COc1ccccc1NC(=O)C1CCCC(N)C1.Cl. The second kappa shape index (κ2) is 7.36. The molecule has 1 aromatic carbocycles. The number of methoxy groups -OCH3 is 1. The van der Waals surface area contributed by atoms with Gasteiger partial charge in [0.05, 0.1) is 12.8 Å². The molecule has 0 heterocycles. The zero-order valence-corrected chi connectivity index (χ0v) is 11.9. The maximum absolute atomic E-state index is 12.2. The summed E-state index contributed by atoms with van der Waals surface area (Å²) in [7, 11) is 1.60. The molecule has 1 amide bonds. The van der Waals surface area contributed by atoms with Gasteiger partial charge in [-0.25, -0.2) is 0 Å². The molecule has 0 bridgehead atoms. The van der Waals surface area contributed by atoms with E-state index in [-0.39, 0.29) is 30.3 Å². The first kappa shape index (κ1) is 15.8. The summed E-state index contributed by atoms with van der Waals surface area (Å²) < 4.78 is 5.22. The molecular weight excluding hydrogens is 264 g/mol. The number of nitrogens with one attached hydrogen (secondary N) is 1. The summed E-state index contributed by atoms with van der Waals surface area (Å²) >= 11 is 0. The lowest BCUT2D eigenvalue weighted by Gasteiger charge is -2.25. The van der Waals surface area contributed by atoms with Crippen LogP contribution in [0.3, 0.4) is 0 Å². The highest BCUT2D eigenvalue weighted by Crippen LogP contribution is 2.27. The fourth-order valence-corrected chi connectivity index (χ4v) is 2.45. The summed E-state index contributed by atoms with van der Waals surface area (Å²) in [5, 5.41) is 2.93. The van der Waals surface area contributed by atoms with Crippen LogP contribution >= 0.6 is 12.4 Å². The summed E-state index contributed by atoms with van der Waals surface area (Å²) in [5.41, 5.74) is 6.63. The van der Waals surface area contributed by atoms with Crippen molar-refractivity contribution < 1.29 is 9.53 Å². The van der Waals surface area contributed by atoms with Gasteiger partial charge < -0.3 is 15.8 Å². The molecule has 0 aromatic heterocycles. The zero-order chi connectivity index (χ0) is 13.0. The van der Waals surface area contributed by atoms with Crippen molar-refractivity contribution in [1.82, 2.24) is 0 Å². The van der Waals surface area contributed by atoms with Gasteiger partial charge >= 0.3 is 0 Å². The third-order valence-corrected chi connectivity index (χ3v) is 3.45. The predicted octanol–water partition coefficient (Wildman–Crippen LogP) is 2.57. The van der Waals surface area contributed by atoms with Crippen LogP contribution in [0.4, 0.5) is 5.69 Å². The maximum atomic E-state index is 12.2. The number of hydrogen-bond acceptors (Lipinski definition) is 3. The molecule has 19 heavy (non-hydrogen) atoms. The van der Waals surface area contributed by atoms with Crippen LogP contribution in [-0.2, 0) is 4.79 Å². The molecule has 1 aliphatic rings. The van der Waals surface area contributed by atoms with Crippen LogP contribution in [0.2, 0.25) is 0 Å².